The molecule has 2 aromatic rings. The number of rotatable bonds is 3. The first-order valence-electron chi connectivity index (χ1n) is 4.61. The number of aryl methyl sites for hydroxylation is 1. The van der Waals surface area contributed by atoms with Crippen molar-refractivity contribution in [3.8, 4) is 0 Å². The summed E-state index contributed by atoms with van der Waals surface area (Å²) in [4.78, 5) is 11.7. The van der Waals surface area contributed by atoms with Gasteiger partial charge in [-0.15, -0.1) is 10.2 Å². The first kappa shape index (κ1) is 10.6. The molecule has 0 bridgehead atoms. The minimum absolute atomic E-state index is 0.206. The van der Waals surface area contributed by atoms with E-state index in [0.29, 0.717) is 17.4 Å². The lowest BCUT2D eigenvalue weighted by atomic mass is 10.3. The predicted octanol–water partition coefficient (Wildman–Crippen LogP) is 0.589. The standard InChI is InChI=1S/C8H10N6OS/c1-2-14-3-5(9)6(13-14)7(15)11-8-12-10-4-16-8/h3-4H,2,9H2,1H3,(H,11,12,15). The molecule has 0 spiro atoms. The van der Waals surface area contributed by atoms with Crippen molar-refractivity contribution in [1.82, 2.24) is 20.0 Å². The highest BCUT2D eigenvalue weighted by molar-refractivity contribution is 7.13. The van der Waals surface area contributed by atoms with E-state index in [1.54, 1.807) is 10.9 Å². The number of hydrogen-bond donors (Lipinski definition) is 2. The first-order valence-corrected chi connectivity index (χ1v) is 5.49. The number of nitrogens with one attached hydrogen (secondary N) is 1. The predicted molar refractivity (Wildman–Crippen MR) is 60.2 cm³/mol. The molecule has 0 aliphatic heterocycles. The van der Waals surface area contributed by atoms with Crippen molar-refractivity contribution in [2.75, 3.05) is 11.1 Å². The van der Waals surface area contributed by atoms with Crippen LogP contribution in [0.4, 0.5) is 10.8 Å². The van der Waals surface area contributed by atoms with Crippen molar-refractivity contribution >= 4 is 28.1 Å². The van der Waals surface area contributed by atoms with Crippen LogP contribution in [-0.4, -0.2) is 25.9 Å². The highest BCUT2D eigenvalue weighted by Gasteiger charge is 2.15. The number of anilines is 2. The molecule has 2 rings (SSSR count). The maximum Gasteiger partial charge on any atom is 0.280 e. The van der Waals surface area contributed by atoms with Crippen molar-refractivity contribution in [2.45, 2.75) is 13.5 Å². The molecular weight excluding hydrogens is 228 g/mol. The van der Waals surface area contributed by atoms with Crippen LogP contribution < -0.4 is 11.1 Å². The lowest BCUT2D eigenvalue weighted by molar-refractivity contribution is 0.102. The number of amides is 1. The van der Waals surface area contributed by atoms with E-state index in [4.69, 9.17) is 5.73 Å². The minimum Gasteiger partial charge on any atom is -0.396 e. The summed E-state index contributed by atoms with van der Waals surface area (Å²) in [6, 6.07) is 0. The quantitative estimate of drug-likeness (QED) is 0.815. The number of hydrogen-bond acceptors (Lipinski definition) is 6. The minimum atomic E-state index is -0.374. The summed E-state index contributed by atoms with van der Waals surface area (Å²) in [5.41, 5.74) is 7.76. The van der Waals surface area contributed by atoms with Crippen molar-refractivity contribution in [2.24, 2.45) is 0 Å². The first-order chi connectivity index (χ1) is 7.70. The number of aromatic nitrogens is 4. The summed E-state index contributed by atoms with van der Waals surface area (Å²) in [6.45, 7) is 2.58. The van der Waals surface area contributed by atoms with Gasteiger partial charge in [0.25, 0.3) is 5.91 Å². The largest absolute Gasteiger partial charge is 0.396 e. The molecule has 0 radical (unpaired) electrons. The van der Waals surface area contributed by atoms with Gasteiger partial charge in [-0.3, -0.25) is 14.8 Å². The summed E-state index contributed by atoms with van der Waals surface area (Å²) in [7, 11) is 0. The molecule has 7 nitrogen and oxygen atoms in total. The highest BCUT2D eigenvalue weighted by atomic mass is 32.1. The maximum atomic E-state index is 11.7. The molecule has 2 heterocycles. The number of carbonyl (C=O) groups is 1. The van der Waals surface area contributed by atoms with Crippen LogP contribution in [0, 0.1) is 0 Å². The Morgan fingerprint density at radius 1 is 1.69 bits per heavy atom. The smallest absolute Gasteiger partial charge is 0.280 e. The zero-order valence-electron chi connectivity index (χ0n) is 8.54. The van der Waals surface area contributed by atoms with E-state index < -0.39 is 0 Å². The van der Waals surface area contributed by atoms with E-state index in [1.807, 2.05) is 6.92 Å². The molecule has 0 saturated carbocycles. The van der Waals surface area contributed by atoms with Gasteiger partial charge in [0.05, 0.1) is 5.69 Å². The Balaban J connectivity index is 2.17. The average molecular weight is 238 g/mol. The molecule has 0 atom stereocenters. The number of nitrogen functional groups attached to an aromatic ring is 1. The molecule has 8 heteroatoms. The zero-order valence-corrected chi connectivity index (χ0v) is 9.36. The van der Waals surface area contributed by atoms with Crippen LogP contribution in [0.2, 0.25) is 0 Å². The normalized spacial score (nSPS) is 10.3. The molecule has 0 unspecified atom stereocenters. The third-order valence-electron chi connectivity index (χ3n) is 1.91. The zero-order chi connectivity index (χ0) is 11.5. The molecule has 1 amide bonds. The number of nitrogens with zero attached hydrogens (tertiary/aromatic N) is 4. The second-order valence-electron chi connectivity index (χ2n) is 2.99. The van der Waals surface area contributed by atoms with Crippen LogP contribution >= 0.6 is 11.3 Å². The molecule has 0 saturated heterocycles. The fraction of sp³-hybridized carbons (Fsp3) is 0.250. The van der Waals surface area contributed by atoms with Gasteiger partial charge in [0.2, 0.25) is 5.13 Å². The number of carbonyl (C=O) groups excluding carboxylic acids is 1. The van der Waals surface area contributed by atoms with Gasteiger partial charge in [0.1, 0.15) is 5.51 Å². The van der Waals surface area contributed by atoms with Crippen molar-refractivity contribution < 1.29 is 4.79 Å². The molecule has 84 valence electrons. The molecule has 0 fully saturated rings. The molecule has 16 heavy (non-hydrogen) atoms. The van der Waals surface area contributed by atoms with Crippen LogP contribution in [0.15, 0.2) is 11.7 Å². The van der Waals surface area contributed by atoms with E-state index >= 15 is 0 Å². The lowest BCUT2D eigenvalue weighted by Crippen LogP contribution is -2.14. The summed E-state index contributed by atoms with van der Waals surface area (Å²) >= 11 is 1.23. The summed E-state index contributed by atoms with van der Waals surface area (Å²) in [6.07, 6.45) is 1.62. The number of nitrogens with two attached hydrogens (primary N) is 1. The van der Waals surface area contributed by atoms with Gasteiger partial charge in [-0.1, -0.05) is 11.3 Å². The fourth-order valence-electron chi connectivity index (χ4n) is 1.16. The maximum absolute atomic E-state index is 11.7. The van der Waals surface area contributed by atoms with Crippen LogP contribution in [0.5, 0.6) is 0 Å². The average Bonchev–Trinajstić information content (AvgIpc) is 2.87. The topological polar surface area (TPSA) is 98.7 Å². The molecular formula is C8H10N6OS. The summed E-state index contributed by atoms with van der Waals surface area (Å²) in [5, 5.41) is 14.3. The second kappa shape index (κ2) is 4.27. The van der Waals surface area contributed by atoms with Gasteiger partial charge in [0.15, 0.2) is 5.69 Å². The Hall–Kier alpha value is -1.96. The SMILES string of the molecule is CCn1cc(N)c(C(=O)Nc2nncs2)n1. The molecule has 3 N–H and O–H groups in total. The Morgan fingerprint density at radius 3 is 3.06 bits per heavy atom. The van der Waals surface area contributed by atoms with E-state index in [2.05, 4.69) is 20.6 Å². The summed E-state index contributed by atoms with van der Waals surface area (Å²) in [5.74, 6) is -0.374. The van der Waals surface area contributed by atoms with E-state index in [0.717, 1.165) is 0 Å². The molecule has 0 aromatic carbocycles. The van der Waals surface area contributed by atoms with E-state index in [-0.39, 0.29) is 11.6 Å². The van der Waals surface area contributed by atoms with Crippen LogP contribution in [0.25, 0.3) is 0 Å². The Bertz CT molecular complexity index is 491. The monoisotopic (exact) mass is 238 g/mol. The second-order valence-corrected chi connectivity index (χ2v) is 3.82. The Morgan fingerprint density at radius 2 is 2.50 bits per heavy atom. The molecule has 2 aromatic heterocycles. The molecule has 0 aliphatic rings. The highest BCUT2D eigenvalue weighted by Crippen LogP contribution is 2.13. The summed E-state index contributed by atoms with van der Waals surface area (Å²) < 4.78 is 1.60. The van der Waals surface area contributed by atoms with Crippen molar-refractivity contribution in [3.05, 3.63) is 17.4 Å². The third kappa shape index (κ3) is 2.01. The van der Waals surface area contributed by atoms with Gasteiger partial charge in [-0.2, -0.15) is 5.10 Å². The Kier molecular flexibility index (Phi) is 2.82. The van der Waals surface area contributed by atoms with Crippen LogP contribution in [0.1, 0.15) is 17.4 Å². The van der Waals surface area contributed by atoms with Gasteiger partial charge < -0.3 is 5.73 Å². The fourth-order valence-corrected chi connectivity index (χ4v) is 1.60. The van der Waals surface area contributed by atoms with Crippen molar-refractivity contribution in [3.63, 3.8) is 0 Å². The lowest BCUT2D eigenvalue weighted by Gasteiger charge is -1.97. The third-order valence-corrected chi connectivity index (χ3v) is 2.52. The van der Waals surface area contributed by atoms with E-state index in [9.17, 15) is 4.79 Å². The van der Waals surface area contributed by atoms with Crippen LogP contribution in [-0.2, 0) is 6.54 Å². The van der Waals surface area contributed by atoms with Crippen molar-refractivity contribution in [1.29, 1.82) is 0 Å². The van der Waals surface area contributed by atoms with Crippen LogP contribution in [0.3, 0.4) is 0 Å². The van der Waals surface area contributed by atoms with Gasteiger partial charge >= 0.3 is 0 Å². The van der Waals surface area contributed by atoms with Gasteiger partial charge in [0, 0.05) is 12.7 Å². The van der Waals surface area contributed by atoms with E-state index in [1.165, 1.54) is 16.8 Å². The Labute approximate surface area is 95.3 Å². The van der Waals surface area contributed by atoms with Gasteiger partial charge in [-0.05, 0) is 6.92 Å². The molecule has 0 aliphatic carbocycles. The van der Waals surface area contributed by atoms with Gasteiger partial charge in [-0.25, -0.2) is 0 Å².